The zero-order chi connectivity index (χ0) is 106. The highest BCUT2D eigenvalue weighted by atomic mass is 32.2. The Kier molecular flexibility index (Phi) is 30.4. The van der Waals surface area contributed by atoms with Gasteiger partial charge in [0.15, 0.2) is 23.1 Å². The van der Waals surface area contributed by atoms with Gasteiger partial charge in [0.05, 0.1) is 90.7 Å². The zero-order valence-corrected chi connectivity index (χ0v) is 90.5. The average molecular weight is 2140 g/mol. The van der Waals surface area contributed by atoms with E-state index < -0.39 is 91.8 Å². The Morgan fingerprint density at radius 3 is 0.862 bits per heavy atom. The van der Waals surface area contributed by atoms with Gasteiger partial charge in [-0.15, -0.1) is 0 Å². The number of rotatable bonds is 27. The summed E-state index contributed by atoms with van der Waals surface area (Å²) in [6.07, 6.45) is 11.8. The number of aliphatic hydroxyl groups is 4. The number of nitrogens with one attached hydrogen (secondary N) is 8. The van der Waals surface area contributed by atoms with Crippen LogP contribution in [0.15, 0.2) is 211 Å². The number of ketones is 4. The molecule has 0 saturated heterocycles. The predicted octanol–water partition coefficient (Wildman–Crippen LogP) is 18.5. The predicted molar refractivity (Wildman–Crippen MR) is 573 cm³/mol. The summed E-state index contributed by atoms with van der Waals surface area (Å²) in [6, 6.07) is 46.6. The number of hydrogen-bond donors (Lipinski definition) is 12. The first-order chi connectivity index (χ1) is 67.6. The molecule has 4 aliphatic heterocycles. The summed E-state index contributed by atoms with van der Waals surface area (Å²) in [5, 5.41) is 57.8. The third kappa shape index (κ3) is 22.3. The number of benzene rings is 8. The molecule has 8 aromatic carbocycles. The number of fused-ring (bicyclic) bond motifs is 8. The van der Waals surface area contributed by atoms with Crippen LogP contribution in [0, 0.1) is 23.2 Å². The van der Waals surface area contributed by atoms with Crippen LogP contribution in [0.1, 0.15) is 185 Å². The molecule has 772 valence electrons. The SMILES string of the molecule is CCC(C)CCC1(C)C(=O)C(C2=NP(=O)(OC)c3cc(NS(C)(=O)=O)ccc3N2)=C(O)c2ccccc21.COP1(=O)N=C(C2=C(O)c3ccccc3C(C)(CC3CC3)C2=O)Nc2ccc(NS(C)(=O)=O)cc21.COP1(=O)N=C(C2=C(O)c3ccccc3C(C)(CCC(C)(C)C)C2=O)Nc2ccc(NS(C)(=O)=O)cc21.COP1(=O)N=C(C2=C(O)c3ccccc3C(C)(CCC(C)C)C2=O)Nc2ccc(NS(C)(=O)=O)cc21. The normalized spacial score (nSPS) is 24.3. The molecule has 0 bridgehead atoms. The summed E-state index contributed by atoms with van der Waals surface area (Å²) < 4.78 is 196. The van der Waals surface area contributed by atoms with Gasteiger partial charge >= 0.3 is 30.1 Å². The monoisotopic (exact) mass is 2140 g/mol. The maximum absolute atomic E-state index is 14.1. The van der Waals surface area contributed by atoms with E-state index in [9.17, 15) is 91.5 Å². The molecule has 8 aromatic rings. The Morgan fingerprint density at radius 2 is 0.628 bits per heavy atom. The lowest BCUT2D eigenvalue weighted by Gasteiger charge is -2.38. The summed E-state index contributed by atoms with van der Waals surface area (Å²) >= 11 is 0. The van der Waals surface area contributed by atoms with Crippen LogP contribution in [0.5, 0.6) is 0 Å². The van der Waals surface area contributed by atoms with E-state index in [1.807, 2.05) is 76.2 Å². The fourth-order valence-corrected chi connectivity index (χ4v) is 27.2. The van der Waals surface area contributed by atoms with Crippen molar-refractivity contribution in [2.45, 2.75) is 162 Å². The van der Waals surface area contributed by atoms with Gasteiger partial charge in [0.1, 0.15) is 68.7 Å². The molecule has 9 aliphatic rings. The molecule has 9 atom stereocenters. The molecule has 44 heteroatoms. The van der Waals surface area contributed by atoms with E-state index in [0.29, 0.717) is 88.4 Å². The number of hydrogen-bond acceptors (Lipinski definition) is 28. The molecule has 12 N–H and O–H groups in total. The summed E-state index contributed by atoms with van der Waals surface area (Å²) in [5.41, 5.74) is 3.32. The number of carbonyl (C=O) groups is 4. The van der Waals surface area contributed by atoms with Crippen molar-refractivity contribution >= 4 is 206 Å². The van der Waals surface area contributed by atoms with Crippen molar-refractivity contribution < 1.29 is 110 Å². The fourth-order valence-electron chi connectivity index (χ4n) is 18.9. The van der Waals surface area contributed by atoms with E-state index >= 15 is 0 Å². The number of nitrogens with zero attached hydrogens (tertiary/aromatic N) is 4. The minimum Gasteiger partial charge on any atom is -0.506 e. The third-order valence-electron chi connectivity index (χ3n) is 27.1. The molecule has 17 rings (SSSR count). The lowest BCUT2D eigenvalue weighted by atomic mass is 9.65. The third-order valence-corrected chi connectivity index (χ3v) is 37.3. The highest BCUT2D eigenvalue weighted by Crippen LogP contribution is 2.60. The molecule has 4 heterocycles. The minimum atomic E-state index is -3.93. The van der Waals surface area contributed by atoms with E-state index in [-0.39, 0.29) is 141 Å². The Hall–Kier alpha value is -11.8. The van der Waals surface area contributed by atoms with Gasteiger partial charge in [-0.3, -0.25) is 56.3 Å². The summed E-state index contributed by atoms with van der Waals surface area (Å²) in [6.45, 7) is 22.2. The maximum Gasteiger partial charge on any atom is 0.348 e. The van der Waals surface area contributed by atoms with Gasteiger partial charge in [0, 0.05) is 73.4 Å². The Labute approximate surface area is 844 Å². The van der Waals surface area contributed by atoms with Crippen LogP contribution in [-0.2, 0) is 117 Å². The first kappa shape index (κ1) is 109. The van der Waals surface area contributed by atoms with Crippen molar-refractivity contribution in [3.05, 3.63) is 237 Å². The zero-order valence-electron chi connectivity index (χ0n) is 83.6. The smallest absolute Gasteiger partial charge is 0.348 e. The number of carbonyl (C=O) groups excluding carboxylic acids is 4. The molecule has 1 saturated carbocycles. The summed E-state index contributed by atoms with van der Waals surface area (Å²) in [5.74, 6) is -1.21. The van der Waals surface area contributed by atoms with Gasteiger partial charge < -0.3 is 59.8 Å². The second-order valence-electron chi connectivity index (χ2n) is 39.9. The van der Waals surface area contributed by atoms with Crippen molar-refractivity contribution in [2.24, 2.45) is 42.2 Å². The molecule has 0 radical (unpaired) electrons. The highest BCUT2D eigenvalue weighted by molar-refractivity contribution is 7.92. The standard InChI is InChI=1S/2C26H32N3O6PS.C25H30N3O6PS.C24H26N3O6PS/c1-25(2,3)13-14-26(4)18-10-8-7-9-17(18)22(30)21(23(26)31)24-27-19-12-11-16(29-37(6,33)34)15-20(19)36(32,28-24)35-5;1-6-16(2)13-14-26(3)19-10-8-7-9-18(19)23(30)22(24(26)31)25-27-20-12-11-17(29-37(5,33)34)15-21(20)36(32,28-25)35-4;1-15(2)12-13-25(3)18-9-7-6-8-17(18)22(29)21(23(25)30)24-26-19-11-10-16(28-36(5,32)33)14-20(19)35(31,27-24)34-4;1-24(13-14-8-9-14)17-7-5-4-6-16(17)21(28)20(22(24)29)23-25-18-11-10-15(27-35(3,31)32)12-19(18)34(30,26-23)33-2/h7-12,15,29-30H,13-14H2,1-6H3,(H,27,28,32);7-12,15-16,29-30H,6,13-14H2,1-5H3,(H,27,28,32);6-11,14-15,28-29H,12-13H2,1-5H3,(H,26,27,31);4-7,10-12,14,27-28H,8-9,13H2,1-3H3,(H,25,26,30). The van der Waals surface area contributed by atoms with Crippen LogP contribution in [0.2, 0.25) is 0 Å². The van der Waals surface area contributed by atoms with E-state index in [1.54, 1.807) is 48.5 Å². The molecule has 5 aliphatic carbocycles. The number of amidine groups is 4. The molecular formula is C101H120N12O24P4S4. The van der Waals surface area contributed by atoms with Gasteiger partial charge in [0.2, 0.25) is 40.1 Å². The summed E-state index contributed by atoms with van der Waals surface area (Å²) in [4.78, 5) is 56.2. The van der Waals surface area contributed by atoms with E-state index in [1.165, 1.54) is 101 Å². The minimum absolute atomic E-state index is 0.0232. The number of sulfonamides is 4. The van der Waals surface area contributed by atoms with Crippen LogP contribution in [0.3, 0.4) is 0 Å². The first-order valence-corrected chi connectivity index (χ1v) is 60.5. The van der Waals surface area contributed by atoms with Crippen molar-refractivity contribution in [2.75, 3.05) is 93.6 Å². The molecule has 0 amide bonds. The Bertz CT molecular complexity index is 7720. The maximum atomic E-state index is 14.1. The Balaban J connectivity index is 0.000000153. The molecule has 1 fully saturated rings. The number of aliphatic hydroxyl groups excluding tert-OH is 4. The second-order valence-corrected chi connectivity index (χ2v) is 55.3. The highest BCUT2D eigenvalue weighted by Gasteiger charge is 2.54. The fraction of sp³-hybridized carbons (Fsp3) is 0.366. The van der Waals surface area contributed by atoms with Crippen LogP contribution >= 0.6 is 30.1 Å². The summed E-state index contributed by atoms with van der Waals surface area (Å²) in [7, 11) is -25.0. The van der Waals surface area contributed by atoms with Crippen molar-refractivity contribution in [1.29, 1.82) is 0 Å². The van der Waals surface area contributed by atoms with Crippen LogP contribution < -0.4 is 61.4 Å². The topological polar surface area (TPSA) is 537 Å². The number of Topliss-reactive ketones (excluding diaryl/α,β-unsaturated/α-hetero) is 4. The van der Waals surface area contributed by atoms with Crippen molar-refractivity contribution in [1.82, 2.24) is 0 Å². The lowest BCUT2D eigenvalue weighted by Crippen LogP contribution is -2.43. The quantitative estimate of drug-likeness (QED) is 0.0213. The first-order valence-electron chi connectivity index (χ1n) is 46.6. The molecule has 145 heavy (non-hydrogen) atoms. The lowest BCUT2D eigenvalue weighted by molar-refractivity contribution is -0.121. The van der Waals surface area contributed by atoms with Gasteiger partial charge in [0.25, 0.3) is 0 Å². The van der Waals surface area contributed by atoms with Crippen molar-refractivity contribution in [3.63, 3.8) is 0 Å². The Morgan fingerprint density at radius 1 is 0.386 bits per heavy atom. The van der Waals surface area contributed by atoms with Crippen LogP contribution in [0.25, 0.3) is 23.0 Å². The van der Waals surface area contributed by atoms with Gasteiger partial charge in [-0.2, -0.15) is 19.1 Å². The molecular weight excluding hydrogens is 2020 g/mol. The van der Waals surface area contributed by atoms with Gasteiger partial charge in [-0.25, -0.2) is 33.7 Å². The van der Waals surface area contributed by atoms with Crippen LogP contribution in [-0.4, -0.2) is 154 Å². The van der Waals surface area contributed by atoms with E-state index in [0.717, 1.165) is 85.8 Å². The largest absolute Gasteiger partial charge is 0.506 e. The molecule has 0 spiro atoms. The van der Waals surface area contributed by atoms with E-state index in [4.69, 9.17) is 18.1 Å². The van der Waals surface area contributed by atoms with Gasteiger partial charge in [-0.05, 0) is 191 Å². The molecule has 36 nitrogen and oxygen atoms in total. The van der Waals surface area contributed by atoms with Crippen LogP contribution in [0.4, 0.5) is 45.5 Å². The van der Waals surface area contributed by atoms with E-state index in [2.05, 4.69) is 108 Å². The second kappa shape index (κ2) is 40.5. The number of anilines is 8. The average Bonchev–Trinajstić information content (AvgIpc) is 1.21. The van der Waals surface area contributed by atoms with Crippen molar-refractivity contribution in [3.8, 4) is 0 Å². The molecule has 9 unspecified atom stereocenters. The van der Waals surface area contributed by atoms with Gasteiger partial charge in [-0.1, -0.05) is 165 Å². The molecule has 0 aromatic heterocycles.